The maximum absolute atomic E-state index is 11.0. The van der Waals surface area contributed by atoms with Crippen molar-refractivity contribution in [1.29, 1.82) is 0 Å². The van der Waals surface area contributed by atoms with Crippen LogP contribution in [0.1, 0.15) is 11.6 Å². The van der Waals surface area contributed by atoms with Crippen molar-refractivity contribution < 1.29 is 9.90 Å². The largest absolute Gasteiger partial charge is 0.476 e. The third kappa shape index (κ3) is 2.51. The predicted molar refractivity (Wildman–Crippen MR) is 91.8 cm³/mol. The maximum Gasteiger partial charge on any atom is 0.360 e. The third-order valence-corrected chi connectivity index (χ3v) is 4.90. The summed E-state index contributed by atoms with van der Waals surface area (Å²) >= 11 is 1.28. The molecular weight excluding hydrogens is 310 g/mol. The first kappa shape index (κ1) is 14.0. The molecule has 2 aromatic heterocycles. The van der Waals surface area contributed by atoms with Crippen LogP contribution in [-0.2, 0) is 4.79 Å². The van der Waals surface area contributed by atoms with Gasteiger partial charge in [0.25, 0.3) is 0 Å². The van der Waals surface area contributed by atoms with Crippen LogP contribution in [-0.4, -0.2) is 31.8 Å². The van der Waals surface area contributed by atoms with Crippen molar-refractivity contribution in [1.82, 2.24) is 9.97 Å². The van der Waals surface area contributed by atoms with E-state index in [2.05, 4.69) is 21.0 Å². The van der Waals surface area contributed by atoms with Gasteiger partial charge in [-0.25, -0.2) is 9.78 Å². The number of nitrogens with zero attached hydrogens (tertiary/aromatic N) is 2. The fraction of sp³-hybridized carbons (Fsp3) is 0.118. The van der Waals surface area contributed by atoms with E-state index in [4.69, 9.17) is 5.11 Å². The Kier molecular flexibility index (Phi) is 3.38. The highest BCUT2D eigenvalue weighted by Crippen LogP contribution is 2.35. The molecule has 1 atom stereocenters. The molecule has 2 N–H and O–H groups in total. The Bertz CT molecular complexity index is 918. The standard InChI is InChI=1S/C17H13N3O2S/c21-17(22)16-20-14(9-23-16)13-8-19-15-12(13)6-11(7-18-15)10-4-2-1-3-5-10/h1-8,14H,9H2,(H,18,19)(H,21,22). The van der Waals surface area contributed by atoms with E-state index in [1.807, 2.05) is 42.7 Å². The van der Waals surface area contributed by atoms with Gasteiger partial charge in [-0.1, -0.05) is 42.1 Å². The molecule has 0 fully saturated rings. The first-order chi connectivity index (χ1) is 11.2. The summed E-state index contributed by atoms with van der Waals surface area (Å²) in [5, 5.41) is 10.2. The Balaban J connectivity index is 1.78. The van der Waals surface area contributed by atoms with Crippen molar-refractivity contribution in [2.24, 2.45) is 4.99 Å². The fourth-order valence-electron chi connectivity index (χ4n) is 2.74. The second kappa shape index (κ2) is 5.55. The molecule has 0 saturated heterocycles. The van der Waals surface area contributed by atoms with Crippen molar-refractivity contribution in [3.05, 3.63) is 54.4 Å². The molecule has 0 amide bonds. The smallest absolute Gasteiger partial charge is 0.360 e. The average Bonchev–Trinajstić information content (AvgIpc) is 3.21. The molecule has 1 unspecified atom stereocenters. The number of hydrogen-bond acceptors (Lipinski definition) is 4. The van der Waals surface area contributed by atoms with Crippen molar-refractivity contribution in [2.45, 2.75) is 6.04 Å². The molecule has 0 aliphatic carbocycles. The number of hydrogen-bond donors (Lipinski definition) is 2. The van der Waals surface area contributed by atoms with Crippen LogP contribution in [0.5, 0.6) is 0 Å². The predicted octanol–water partition coefficient (Wildman–Crippen LogP) is 3.50. The highest BCUT2D eigenvalue weighted by Gasteiger charge is 2.26. The molecule has 0 spiro atoms. The van der Waals surface area contributed by atoms with Gasteiger partial charge in [0.05, 0.1) is 6.04 Å². The Morgan fingerprint density at radius 2 is 2.09 bits per heavy atom. The van der Waals surface area contributed by atoms with Crippen molar-refractivity contribution in [3.8, 4) is 11.1 Å². The van der Waals surface area contributed by atoms with Gasteiger partial charge >= 0.3 is 5.97 Å². The van der Waals surface area contributed by atoms with Crippen LogP contribution in [0.4, 0.5) is 0 Å². The molecule has 1 aliphatic heterocycles. The van der Waals surface area contributed by atoms with Gasteiger partial charge in [0.2, 0.25) is 0 Å². The molecular formula is C17H13N3O2S. The van der Waals surface area contributed by atoms with Gasteiger partial charge in [0, 0.05) is 34.7 Å². The number of pyridine rings is 1. The minimum absolute atomic E-state index is 0.146. The van der Waals surface area contributed by atoms with Gasteiger partial charge in [-0.15, -0.1) is 0 Å². The van der Waals surface area contributed by atoms with Gasteiger partial charge < -0.3 is 10.1 Å². The molecule has 4 rings (SSSR count). The van der Waals surface area contributed by atoms with Gasteiger partial charge in [0.15, 0.2) is 5.04 Å². The molecule has 0 radical (unpaired) electrons. The zero-order valence-corrected chi connectivity index (χ0v) is 12.9. The van der Waals surface area contributed by atoms with Crippen LogP contribution in [0, 0.1) is 0 Å². The third-order valence-electron chi connectivity index (χ3n) is 3.86. The van der Waals surface area contributed by atoms with E-state index in [-0.39, 0.29) is 11.1 Å². The molecule has 0 bridgehead atoms. The zero-order chi connectivity index (χ0) is 15.8. The van der Waals surface area contributed by atoms with Crippen molar-refractivity contribution in [3.63, 3.8) is 0 Å². The van der Waals surface area contributed by atoms with Crippen LogP contribution in [0.15, 0.2) is 53.8 Å². The molecule has 6 heteroatoms. The van der Waals surface area contributed by atoms with Crippen LogP contribution < -0.4 is 0 Å². The van der Waals surface area contributed by atoms with Crippen molar-refractivity contribution in [2.75, 3.05) is 5.75 Å². The highest BCUT2D eigenvalue weighted by atomic mass is 32.2. The summed E-state index contributed by atoms with van der Waals surface area (Å²) in [5.41, 5.74) is 3.93. The number of carbonyl (C=O) groups is 1. The van der Waals surface area contributed by atoms with Gasteiger partial charge in [-0.2, -0.15) is 0 Å². The number of benzene rings is 1. The lowest BCUT2D eigenvalue weighted by Gasteiger charge is -2.05. The number of fused-ring (bicyclic) bond motifs is 1. The lowest BCUT2D eigenvalue weighted by molar-refractivity contribution is -0.129. The van der Waals surface area contributed by atoms with E-state index in [1.165, 1.54) is 11.8 Å². The van der Waals surface area contributed by atoms with E-state index in [1.54, 1.807) is 0 Å². The number of thioether (sulfide) groups is 1. The van der Waals surface area contributed by atoms with E-state index in [0.717, 1.165) is 27.7 Å². The summed E-state index contributed by atoms with van der Waals surface area (Å²) in [5.74, 6) is -0.315. The van der Waals surface area contributed by atoms with Crippen LogP contribution in [0.3, 0.4) is 0 Å². The lowest BCUT2D eigenvalue weighted by Crippen LogP contribution is -2.05. The SMILES string of the molecule is O=C(O)C1=NC(c2c[nH]c3ncc(-c4ccccc4)cc23)CS1. The fourth-order valence-corrected chi connectivity index (χ4v) is 3.63. The molecule has 0 saturated carbocycles. The Labute approximate surface area is 136 Å². The Hall–Kier alpha value is -2.60. The van der Waals surface area contributed by atoms with E-state index >= 15 is 0 Å². The van der Waals surface area contributed by atoms with Gasteiger partial charge in [-0.3, -0.25) is 4.99 Å². The maximum atomic E-state index is 11.0. The molecule has 3 heterocycles. The molecule has 23 heavy (non-hydrogen) atoms. The minimum atomic E-state index is -0.958. The minimum Gasteiger partial charge on any atom is -0.476 e. The normalized spacial score (nSPS) is 17.4. The second-order valence-corrected chi connectivity index (χ2v) is 6.31. The Morgan fingerprint density at radius 1 is 1.26 bits per heavy atom. The van der Waals surface area contributed by atoms with Gasteiger partial charge in [0.1, 0.15) is 5.65 Å². The Morgan fingerprint density at radius 3 is 2.83 bits per heavy atom. The van der Waals surface area contributed by atoms with Gasteiger partial charge in [-0.05, 0) is 11.6 Å². The summed E-state index contributed by atoms with van der Waals surface area (Å²) in [6.45, 7) is 0. The van der Waals surface area contributed by atoms with Crippen LogP contribution >= 0.6 is 11.8 Å². The number of carboxylic acid groups (broad SMARTS) is 1. The zero-order valence-electron chi connectivity index (χ0n) is 12.1. The summed E-state index contributed by atoms with van der Waals surface area (Å²) in [6, 6.07) is 12.0. The molecule has 1 aliphatic rings. The van der Waals surface area contributed by atoms with Crippen LogP contribution in [0.25, 0.3) is 22.2 Å². The second-order valence-electron chi connectivity index (χ2n) is 5.30. The summed E-state index contributed by atoms with van der Waals surface area (Å²) in [4.78, 5) is 23.0. The molecule has 114 valence electrons. The first-order valence-electron chi connectivity index (χ1n) is 7.19. The molecule has 1 aromatic carbocycles. The number of aromatic amines is 1. The number of H-pyrrole nitrogens is 1. The number of aromatic nitrogens is 2. The van der Waals surface area contributed by atoms with E-state index in [9.17, 15) is 4.79 Å². The lowest BCUT2D eigenvalue weighted by atomic mass is 10.0. The number of carboxylic acids is 1. The highest BCUT2D eigenvalue weighted by molar-refractivity contribution is 8.16. The van der Waals surface area contributed by atoms with E-state index in [0.29, 0.717) is 5.75 Å². The summed E-state index contributed by atoms with van der Waals surface area (Å²) in [7, 11) is 0. The number of rotatable bonds is 3. The summed E-state index contributed by atoms with van der Waals surface area (Å²) < 4.78 is 0. The number of aliphatic carboxylic acids is 1. The molecule has 3 aromatic rings. The summed E-state index contributed by atoms with van der Waals surface area (Å²) in [6.07, 6.45) is 3.72. The first-order valence-corrected chi connectivity index (χ1v) is 8.17. The van der Waals surface area contributed by atoms with Crippen LogP contribution in [0.2, 0.25) is 0 Å². The average molecular weight is 323 g/mol. The number of aliphatic imine (C=N–C) groups is 1. The number of nitrogens with one attached hydrogen (secondary N) is 1. The van der Waals surface area contributed by atoms with Crippen molar-refractivity contribution >= 4 is 33.8 Å². The monoisotopic (exact) mass is 323 g/mol. The quantitative estimate of drug-likeness (QED) is 0.773. The topological polar surface area (TPSA) is 78.3 Å². The molecule has 5 nitrogen and oxygen atoms in total. The van der Waals surface area contributed by atoms with E-state index < -0.39 is 5.97 Å².